The molecule has 0 bridgehead atoms. The maximum atomic E-state index is 13.2. The zero-order chi connectivity index (χ0) is 15.8. The molecule has 1 aromatic rings. The second kappa shape index (κ2) is 5.42. The molecule has 1 unspecified atom stereocenters. The van der Waals surface area contributed by atoms with E-state index in [1.165, 1.54) is 11.0 Å². The lowest BCUT2D eigenvalue weighted by Gasteiger charge is -2.23. The standard InChI is InChI=1S/C15H18F2N2O2/c1-15(2,3)18-13(20)10-6-7-19(14(10)21)9-4-5-11(16)12(17)8-9/h4-5,8,10H,6-7H2,1-3H3,(H,18,20). The number of carbonyl (C=O) groups excluding carboxylic acids is 2. The molecule has 0 saturated carbocycles. The van der Waals surface area contributed by atoms with Gasteiger partial charge < -0.3 is 10.2 Å². The first-order valence-corrected chi connectivity index (χ1v) is 6.77. The molecule has 1 aliphatic rings. The third kappa shape index (κ3) is 3.37. The Kier molecular flexibility index (Phi) is 3.98. The van der Waals surface area contributed by atoms with Gasteiger partial charge in [0.2, 0.25) is 11.8 Å². The average Bonchev–Trinajstić information content (AvgIpc) is 2.73. The summed E-state index contributed by atoms with van der Waals surface area (Å²) in [6.45, 7) is 5.80. The fraction of sp³-hybridized carbons (Fsp3) is 0.467. The van der Waals surface area contributed by atoms with E-state index < -0.39 is 23.1 Å². The van der Waals surface area contributed by atoms with Crippen LogP contribution in [0.2, 0.25) is 0 Å². The predicted octanol–water partition coefficient (Wildman–Crippen LogP) is 2.23. The number of rotatable bonds is 2. The second-order valence-corrected chi connectivity index (χ2v) is 6.17. The van der Waals surface area contributed by atoms with Crippen LogP contribution in [-0.4, -0.2) is 23.9 Å². The van der Waals surface area contributed by atoms with Crippen LogP contribution in [0.1, 0.15) is 27.2 Å². The van der Waals surface area contributed by atoms with Crippen LogP contribution in [0.3, 0.4) is 0 Å². The van der Waals surface area contributed by atoms with Crippen molar-refractivity contribution in [2.75, 3.05) is 11.4 Å². The number of hydrogen-bond acceptors (Lipinski definition) is 2. The first-order valence-electron chi connectivity index (χ1n) is 6.77. The number of hydrogen-bond donors (Lipinski definition) is 1. The van der Waals surface area contributed by atoms with Gasteiger partial charge in [0.25, 0.3) is 0 Å². The van der Waals surface area contributed by atoms with Crippen molar-refractivity contribution in [3.63, 3.8) is 0 Å². The summed E-state index contributed by atoms with van der Waals surface area (Å²) in [5, 5.41) is 2.76. The lowest BCUT2D eigenvalue weighted by atomic mass is 10.0. The maximum Gasteiger partial charge on any atom is 0.239 e. The molecule has 21 heavy (non-hydrogen) atoms. The van der Waals surface area contributed by atoms with Gasteiger partial charge in [-0.15, -0.1) is 0 Å². The van der Waals surface area contributed by atoms with E-state index in [0.717, 1.165) is 12.1 Å². The van der Waals surface area contributed by atoms with Gasteiger partial charge in [0.05, 0.1) is 0 Å². The molecule has 1 N–H and O–H groups in total. The molecule has 1 aliphatic heterocycles. The van der Waals surface area contributed by atoms with Crippen LogP contribution in [-0.2, 0) is 9.59 Å². The minimum absolute atomic E-state index is 0.268. The fourth-order valence-electron chi connectivity index (χ4n) is 2.29. The Labute approximate surface area is 122 Å². The normalized spacial score (nSPS) is 19.0. The first-order chi connectivity index (χ1) is 9.69. The molecule has 0 radical (unpaired) electrons. The van der Waals surface area contributed by atoms with Crippen LogP contribution >= 0.6 is 0 Å². The van der Waals surface area contributed by atoms with E-state index in [1.54, 1.807) is 0 Å². The molecule has 2 amide bonds. The average molecular weight is 296 g/mol. The van der Waals surface area contributed by atoms with Crippen molar-refractivity contribution >= 4 is 17.5 Å². The van der Waals surface area contributed by atoms with Crippen molar-refractivity contribution in [3.8, 4) is 0 Å². The molecule has 6 heteroatoms. The molecule has 1 heterocycles. The van der Waals surface area contributed by atoms with Crippen LogP contribution in [0.4, 0.5) is 14.5 Å². The van der Waals surface area contributed by atoms with Crippen LogP contribution in [0, 0.1) is 17.6 Å². The van der Waals surface area contributed by atoms with Crippen LogP contribution < -0.4 is 10.2 Å². The van der Waals surface area contributed by atoms with Crippen molar-refractivity contribution in [1.29, 1.82) is 0 Å². The molecule has 2 rings (SSSR count). The molecular weight excluding hydrogens is 278 g/mol. The Bertz CT molecular complexity index is 582. The van der Waals surface area contributed by atoms with E-state index >= 15 is 0 Å². The van der Waals surface area contributed by atoms with Gasteiger partial charge in [-0.2, -0.15) is 0 Å². The molecular formula is C15H18F2N2O2. The summed E-state index contributed by atoms with van der Waals surface area (Å²) in [4.78, 5) is 25.7. The van der Waals surface area contributed by atoms with E-state index in [-0.39, 0.29) is 17.5 Å². The van der Waals surface area contributed by atoms with Gasteiger partial charge in [-0.1, -0.05) is 0 Å². The minimum atomic E-state index is -1.01. The van der Waals surface area contributed by atoms with Crippen molar-refractivity contribution in [3.05, 3.63) is 29.8 Å². The number of carbonyl (C=O) groups is 2. The highest BCUT2D eigenvalue weighted by atomic mass is 19.2. The van der Waals surface area contributed by atoms with Gasteiger partial charge in [0.1, 0.15) is 5.92 Å². The zero-order valence-electron chi connectivity index (χ0n) is 12.2. The molecule has 0 aromatic heterocycles. The SMILES string of the molecule is CC(C)(C)NC(=O)C1CCN(c2ccc(F)c(F)c2)C1=O. The third-order valence-corrected chi connectivity index (χ3v) is 3.24. The Morgan fingerprint density at radius 1 is 1.29 bits per heavy atom. The molecule has 4 nitrogen and oxygen atoms in total. The van der Waals surface area contributed by atoms with E-state index in [4.69, 9.17) is 0 Å². The summed E-state index contributed by atoms with van der Waals surface area (Å²) in [5.41, 5.74) is -0.155. The quantitative estimate of drug-likeness (QED) is 0.851. The second-order valence-electron chi connectivity index (χ2n) is 6.17. The van der Waals surface area contributed by atoms with Crippen LogP contribution in [0.25, 0.3) is 0 Å². The minimum Gasteiger partial charge on any atom is -0.351 e. The van der Waals surface area contributed by atoms with Crippen molar-refractivity contribution < 1.29 is 18.4 Å². The molecule has 1 saturated heterocycles. The van der Waals surface area contributed by atoms with Crippen molar-refractivity contribution in [1.82, 2.24) is 5.32 Å². The van der Waals surface area contributed by atoms with Crippen molar-refractivity contribution in [2.24, 2.45) is 5.92 Å². The Balaban J connectivity index is 2.14. The van der Waals surface area contributed by atoms with Gasteiger partial charge in [-0.05, 0) is 39.3 Å². The van der Waals surface area contributed by atoms with Crippen molar-refractivity contribution in [2.45, 2.75) is 32.7 Å². The monoisotopic (exact) mass is 296 g/mol. The highest BCUT2D eigenvalue weighted by molar-refractivity contribution is 6.09. The van der Waals surface area contributed by atoms with Gasteiger partial charge in [-0.25, -0.2) is 8.78 Å². The summed E-state index contributed by atoms with van der Waals surface area (Å²) in [5.74, 6) is -3.48. The van der Waals surface area contributed by atoms with E-state index in [2.05, 4.69) is 5.32 Å². The molecule has 1 atom stereocenters. The Hall–Kier alpha value is -1.98. The number of anilines is 1. The number of halogens is 2. The fourth-order valence-corrected chi connectivity index (χ4v) is 2.29. The van der Waals surface area contributed by atoms with Crippen LogP contribution in [0.15, 0.2) is 18.2 Å². The molecule has 0 spiro atoms. The van der Waals surface area contributed by atoms with Gasteiger partial charge in [0, 0.05) is 23.8 Å². The lowest BCUT2D eigenvalue weighted by Crippen LogP contribution is -2.45. The maximum absolute atomic E-state index is 13.2. The van der Waals surface area contributed by atoms with Gasteiger partial charge >= 0.3 is 0 Å². The van der Waals surface area contributed by atoms with Gasteiger partial charge in [0.15, 0.2) is 11.6 Å². The predicted molar refractivity (Wildman–Crippen MR) is 74.7 cm³/mol. The Morgan fingerprint density at radius 2 is 1.95 bits per heavy atom. The van der Waals surface area contributed by atoms with E-state index in [1.807, 2.05) is 20.8 Å². The van der Waals surface area contributed by atoms with Crippen LogP contribution in [0.5, 0.6) is 0 Å². The lowest BCUT2D eigenvalue weighted by molar-refractivity contribution is -0.133. The topological polar surface area (TPSA) is 49.4 Å². The van der Waals surface area contributed by atoms with Gasteiger partial charge in [-0.3, -0.25) is 9.59 Å². The number of nitrogens with one attached hydrogen (secondary N) is 1. The zero-order valence-corrected chi connectivity index (χ0v) is 12.2. The highest BCUT2D eigenvalue weighted by Crippen LogP contribution is 2.27. The summed E-state index contributed by atoms with van der Waals surface area (Å²) in [6, 6.07) is 3.28. The number of benzene rings is 1. The highest BCUT2D eigenvalue weighted by Gasteiger charge is 2.38. The first kappa shape index (κ1) is 15.4. The largest absolute Gasteiger partial charge is 0.351 e. The number of nitrogens with zero attached hydrogens (tertiary/aromatic N) is 1. The Morgan fingerprint density at radius 3 is 2.52 bits per heavy atom. The summed E-state index contributed by atoms with van der Waals surface area (Å²) >= 11 is 0. The molecule has 1 aromatic carbocycles. The summed E-state index contributed by atoms with van der Waals surface area (Å²) in [7, 11) is 0. The molecule has 0 aliphatic carbocycles. The summed E-state index contributed by atoms with van der Waals surface area (Å²) < 4.78 is 26.2. The molecule has 114 valence electrons. The third-order valence-electron chi connectivity index (χ3n) is 3.24. The summed E-state index contributed by atoms with van der Waals surface area (Å²) in [6.07, 6.45) is 0.361. The van der Waals surface area contributed by atoms with E-state index in [9.17, 15) is 18.4 Å². The number of amides is 2. The van der Waals surface area contributed by atoms with E-state index in [0.29, 0.717) is 13.0 Å². The molecule has 1 fully saturated rings. The smallest absolute Gasteiger partial charge is 0.239 e.